The quantitative estimate of drug-likeness (QED) is 0.267. The van der Waals surface area contributed by atoms with Crippen LogP contribution in [-0.4, -0.2) is 74.8 Å². The van der Waals surface area contributed by atoms with Crippen LogP contribution in [0.2, 0.25) is 0 Å². The maximum Gasteiger partial charge on any atom is 0.476 e. The average molecular weight is 363 g/mol. The molecule has 2 fully saturated rings. The predicted octanol–water partition coefficient (Wildman–Crippen LogP) is -1.70. The highest BCUT2D eigenvalue weighted by Crippen LogP contribution is 2.29. The molecule has 6 N–H and O–H groups in total. The lowest BCUT2D eigenvalue weighted by Gasteiger charge is -2.26. The van der Waals surface area contributed by atoms with E-state index in [0.29, 0.717) is 13.0 Å². The van der Waals surface area contributed by atoms with E-state index >= 15 is 0 Å². The number of carbonyl (C=O) groups excluding carboxylic acids is 2. The Morgan fingerprint density at radius 2 is 2.08 bits per heavy atom. The SMILES string of the molecule is O=C(O)c1cccc(C[C@@H](B(O)O)N2C(=O)NC3(CCNC3)C2=O)c1O. The number of aromatic carboxylic acids is 1. The number of aromatic hydroxyl groups is 1. The van der Waals surface area contributed by atoms with E-state index < -0.39 is 42.3 Å². The number of amides is 3. The van der Waals surface area contributed by atoms with Gasteiger partial charge in [-0.3, -0.25) is 9.69 Å². The summed E-state index contributed by atoms with van der Waals surface area (Å²) < 4.78 is 0. The molecule has 2 saturated heterocycles. The molecule has 26 heavy (non-hydrogen) atoms. The normalized spacial score (nSPS) is 23.4. The predicted molar refractivity (Wildman–Crippen MR) is 88.3 cm³/mol. The van der Waals surface area contributed by atoms with E-state index in [9.17, 15) is 29.5 Å². The van der Waals surface area contributed by atoms with Crippen molar-refractivity contribution in [1.29, 1.82) is 0 Å². The topological polar surface area (TPSA) is 159 Å². The minimum atomic E-state index is -2.07. The summed E-state index contributed by atoms with van der Waals surface area (Å²) in [5, 5.41) is 44.2. The van der Waals surface area contributed by atoms with Crippen LogP contribution in [-0.2, 0) is 11.2 Å². The summed E-state index contributed by atoms with van der Waals surface area (Å²) in [6.07, 6.45) is 0.0648. The van der Waals surface area contributed by atoms with Gasteiger partial charge in [-0.05, 0) is 31.0 Å². The molecular weight excluding hydrogens is 345 g/mol. The van der Waals surface area contributed by atoms with Crippen molar-refractivity contribution in [3.63, 3.8) is 0 Å². The number of nitrogens with zero attached hydrogens (tertiary/aromatic N) is 1. The van der Waals surface area contributed by atoms with Crippen molar-refractivity contribution >= 4 is 25.0 Å². The van der Waals surface area contributed by atoms with Gasteiger partial charge in [-0.25, -0.2) is 9.59 Å². The van der Waals surface area contributed by atoms with Crippen molar-refractivity contribution in [1.82, 2.24) is 15.5 Å². The van der Waals surface area contributed by atoms with Gasteiger partial charge >= 0.3 is 19.1 Å². The van der Waals surface area contributed by atoms with E-state index in [4.69, 9.17) is 5.11 Å². The van der Waals surface area contributed by atoms with Gasteiger partial charge in [0.1, 0.15) is 16.9 Å². The van der Waals surface area contributed by atoms with E-state index in [0.717, 1.165) is 4.90 Å². The Labute approximate surface area is 148 Å². The molecule has 2 aliphatic rings. The van der Waals surface area contributed by atoms with Crippen LogP contribution in [0.15, 0.2) is 18.2 Å². The highest BCUT2D eigenvalue weighted by atomic mass is 16.4. The van der Waals surface area contributed by atoms with Gasteiger partial charge < -0.3 is 30.9 Å². The van der Waals surface area contributed by atoms with Crippen molar-refractivity contribution in [2.45, 2.75) is 24.3 Å². The molecule has 1 unspecified atom stereocenters. The van der Waals surface area contributed by atoms with Gasteiger partial charge in [0.15, 0.2) is 0 Å². The van der Waals surface area contributed by atoms with Crippen molar-refractivity contribution < 1.29 is 34.6 Å². The number of rotatable bonds is 5. The Kier molecular flexibility index (Phi) is 4.61. The zero-order valence-electron chi connectivity index (χ0n) is 13.7. The van der Waals surface area contributed by atoms with Gasteiger partial charge in [-0.15, -0.1) is 0 Å². The van der Waals surface area contributed by atoms with Crippen molar-refractivity contribution in [3.05, 3.63) is 29.3 Å². The van der Waals surface area contributed by atoms with Crippen LogP contribution in [0.25, 0.3) is 0 Å². The van der Waals surface area contributed by atoms with Gasteiger partial charge in [0.25, 0.3) is 5.91 Å². The molecule has 3 rings (SSSR count). The second kappa shape index (κ2) is 6.59. The van der Waals surface area contributed by atoms with Crippen molar-refractivity contribution in [3.8, 4) is 5.75 Å². The van der Waals surface area contributed by atoms with Crippen LogP contribution in [0.1, 0.15) is 22.3 Å². The maximum absolute atomic E-state index is 12.8. The fourth-order valence-corrected chi connectivity index (χ4v) is 3.41. The molecule has 0 radical (unpaired) electrons. The molecule has 10 nitrogen and oxygen atoms in total. The van der Waals surface area contributed by atoms with E-state index in [1.807, 2.05) is 0 Å². The first kappa shape index (κ1) is 18.2. The highest BCUT2D eigenvalue weighted by Gasteiger charge is 2.56. The zero-order valence-corrected chi connectivity index (χ0v) is 13.7. The molecule has 2 aliphatic heterocycles. The smallest absolute Gasteiger partial charge is 0.476 e. The Morgan fingerprint density at radius 1 is 1.35 bits per heavy atom. The maximum atomic E-state index is 12.8. The highest BCUT2D eigenvalue weighted by molar-refractivity contribution is 6.44. The average Bonchev–Trinajstić information content (AvgIpc) is 3.13. The van der Waals surface area contributed by atoms with Crippen molar-refractivity contribution in [2.24, 2.45) is 0 Å². The molecule has 2 atom stereocenters. The van der Waals surface area contributed by atoms with Gasteiger partial charge in [0.2, 0.25) is 0 Å². The molecule has 1 spiro atoms. The second-order valence-electron chi connectivity index (χ2n) is 6.42. The number of benzene rings is 1. The molecule has 2 heterocycles. The summed E-state index contributed by atoms with van der Waals surface area (Å²) in [5.74, 6) is -3.86. The molecule has 11 heteroatoms. The third-order valence-electron chi connectivity index (χ3n) is 4.80. The number of para-hydroxylation sites is 1. The summed E-state index contributed by atoms with van der Waals surface area (Å²) in [6, 6.07) is 3.21. The fraction of sp³-hybridized carbons (Fsp3) is 0.400. The van der Waals surface area contributed by atoms with Gasteiger partial charge in [0.05, 0.1) is 5.94 Å². The fourth-order valence-electron chi connectivity index (χ4n) is 3.41. The number of imide groups is 1. The molecule has 1 aromatic carbocycles. The van der Waals surface area contributed by atoms with Crippen molar-refractivity contribution in [2.75, 3.05) is 13.1 Å². The zero-order chi connectivity index (χ0) is 19.1. The third kappa shape index (κ3) is 2.89. The number of carboxylic acids is 1. The first-order chi connectivity index (χ1) is 12.3. The van der Waals surface area contributed by atoms with Gasteiger partial charge in [-0.1, -0.05) is 12.1 Å². The lowest BCUT2D eigenvalue weighted by atomic mass is 9.74. The molecule has 1 aromatic rings. The number of urea groups is 1. The number of hydrogen-bond donors (Lipinski definition) is 6. The monoisotopic (exact) mass is 363 g/mol. The van der Waals surface area contributed by atoms with Crippen LogP contribution >= 0.6 is 0 Å². The Morgan fingerprint density at radius 3 is 2.65 bits per heavy atom. The van der Waals surface area contributed by atoms with E-state index in [2.05, 4.69) is 10.6 Å². The molecule has 138 valence electrons. The van der Waals surface area contributed by atoms with Crippen LogP contribution in [0.5, 0.6) is 5.75 Å². The summed E-state index contributed by atoms with van der Waals surface area (Å²) in [7, 11) is -2.07. The lowest BCUT2D eigenvalue weighted by molar-refractivity contribution is -0.131. The number of carboxylic acid groups (broad SMARTS) is 1. The molecule has 0 saturated carbocycles. The molecular formula is C15H18BN3O7. The van der Waals surface area contributed by atoms with Crippen LogP contribution < -0.4 is 10.6 Å². The summed E-state index contributed by atoms with van der Waals surface area (Å²) >= 11 is 0. The van der Waals surface area contributed by atoms with Gasteiger partial charge in [-0.2, -0.15) is 0 Å². The molecule has 0 bridgehead atoms. The minimum Gasteiger partial charge on any atom is -0.507 e. The van der Waals surface area contributed by atoms with E-state index in [1.54, 1.807) is 0 Å². The molecule has 0 aromatic heterocycles. The molecule has 0 aliphatic carbocycles. The molecule has 3 amide bonds. The number of phenols is 1. The van der Waals surface area contributed by atoms with E-state index in [1.165, 1.54) is 18.2 Å². The second-order valence-corrected chi connectivity index (χ2v) is 6.42. The van der Waals surface area contributed by atoms with Crippen LogP contribution in [0.4, 0.5) is 4.79 Å². The number of nitrogens with one attached hydrogen (secondary N) is 2. The van der Waals surface area contributed by atoms with Gasteiger partial charge in [0, 0.05) is 6.54 Å². The standard InChI is InChI=1S/C15H18BN3O7/c20-11-8(2-1-3-9(11)12(21)22)6-10(16(25)26)19-13(23)15(18-14(19)24)4-5-17-7-15/h1-3,10,17,20,25-26H,4-7H2,(H,18,24)(H,21,22)/t10-,15?/m0/s1. The Hall–Kier alpha value is -2.63. The van der Waals surface area contributed by atoms with E-state index in [-0.39, 0.29) is 24.1 Å². The summed E-state index contributed by atoms with van der Waals surface area (Å²) in [4.78, 5) is 37.0. The summed E-state index contributed by atoms with van der Waals surface area (Å²) in [5.41, 5.74) is -1.40. The first-order valence-electron chi connectivity index (χ1n) is 8.03. The lowest BCUT2D eigenvalue weighted by Crippen LogP contribution is -2.53. The minimum absolute atomic E-state index is 0.0779. The Balaban J connectivity index is 1.91. The number of carbonyl (C=O) groups is 3. The van der Waals surface area contributed by atoms with Crippen LogP contribution in [0.3, 0.4) is 0 Å². The van der Waals surface area contributed by atoms with Crippen LogP contribution in [0, 0.1) is 0 Å². The third-order valence-corrected chi connectivity index (χ3v) is 4.80. The first-order valence-corrected chi connectivity index (χ1v) is 8.03. The Bertz CT molecular complexity index is 764. The number of hydrogen-bond acceptors (Lipinski definition) is 7. The summed E-state index contributed by atoms with van der Waals surface area (Å²) in [6.45, 7) is 0.774. The largest absolute Gasteiger partial charge is 0.507 e.